The van der Waals surface area contributed by atoms with Crippen molar-refractivity contribution < 1.29 is 0 Å². The number of fused-ring (bicyclic) bond motifs is 1. The SMILES string of the molecule is CN(C)CCCn1c(=S)[nH]c2c(c1=O)CCCC2. The lowest BCUT2D eigenvalue weighted by atomic mass is 9.97. The maximum atomic E-state index is 12.4. The largest absolute Gasteiger partial charge is 0.335 e. The van der Waals surface area contributed by atoms with Crippen LogP contribution in [-0.2, 0) is 19.4 Å². The molecular weight excluding hydrogens is 246 g/mol. The van der Waals surface area contributed by atoms with E-state index in [0.29, 0.717) is 11.3 Å². The third-order valence-corrected chi connectivity index (χ3v) is 3.78. The fourth-order valence-corrected chi connectivity index (χ4v) is 2.78. The maximum Gasteiger partial charge on any atom is 0.257 e. The molecule has 0 unspecified atom stereocenters. The molecule has 0 atom stereocenters. The fourth-order valence-electron chi connectivity index (χ4n) is 2.48. The quantitative estimate of drug-likeness (QED) is 0.845. The number of rotatable bonds is 4. The second-order valence-corrected chi connectivity index (χ2v) is 5.59. The van der Waals surface area contributed by atoms with Crippen molar-refractivity contribution in [2.24, 2.45) is 0 Å². The summed E-state index contributed by atoms with van der Waals surface area (Å²) in [6, 6.07) is 0. The normalized spacial score (nSPS) is 14.8. The Balaban J connectivity index is 2.25. The first-order valence-corrected chi connectivity index (χ1v) is 7.00. The molecule has 0 saturated carbocycles. The molecule has 4 nitrogen and oxygen atoms in total. The summed E-state index contributed by atoms with van der Waals surface area (Å²) in [5.74, 6) is 0. The van der Waals surface area contributed by atoms with E-state index in [4.69, 9.17) is 12.2 Å². The molecule has 1 heterocycles. The lowest BCUT2D eigenvalue weighted by molar-refractivity contribution is 0.382. The van der Waals surface area contributed by atoms with Gasteiger partial charge in [0.1, 0.15) is 0 Å². The minimum atomic E-state index is 0.132. The van der Waals surface area contributed by atoms with Gasteiger partial charge in [-0.15, -0.1) is 0 Å². The van der Waals surface area contributed by atoms with Crippen LogP contribution in [0.3, 0.4) is 0 Å². The highest BCUT2D eigenvalue weighted by Gasteiger charge is 2.15. The van der Waals surface area contributed by atoms with E-state index >= 15 is 0 Å². The molecule has 1 aromatic rings. The monoisotopic (exact) mass is 267 g/mol. The van der Waals surface area contributed by atoms with Crippen LogP contribution in [0, 0.1) is 4.77 Å². The summed E-state index contributed by atoms with van der Waals surface area (Å²) < 4.78 is 2.31. The predicted octanol–water partition coefficient (Wildman–Crippen LogP) is 1.74. The Morgan fingerprint density at radius 3 is 2.78 bits per heavy atom. The van der Waals surface area contributed by atoms with Crippen molar-refractivity contribution in [3.05, 3.63) is 26.4 Å². The van der Waals surface area contributed by atoms with Gasteiger partial charge in [0.25, 0.3) is 5.56 Å². The van der Waals surface area contributed by atoms with Gasteiger partial charge in [-0.05, 0) is 65.0 Å². The fraction of sp³-hybridized carbons (Fsp3) is 0.692. The standard InChI is InChI=1S/C13H21N3OS/c1-15(2)8-5-9-16-12(17)10-6-3-4-7-11(10)14-13(16)18/h3-9H2,1-2H3,(H,14,18). The summed E-state index contributed by atoms with van der Waals surface area (Å²) in [4.78, 5) is 17.7. The Bertz CT molecular complexity index is 530. The molecule has 0 fully saturated rings. The molecule has 0 saturated heterocycles. The Morgan fingerprint density at radius 1 is 1.33 bits per heavy atom. The lowest BCUT2D eigenvalue weighted by Gasteiger charge is -2.17. The van der Waals surface area contributed by atoms with Crippen LogP contribution in [0.5, 0.6) is 0 Å². The molecule has 2 rings (SSSR count). The molecular formula is C13H21N3OS. The number of nitrogens with one attached hydrogen (secondary N) is 1. The summed E-state index contributed by atoms with van der Waals surface area (Å²) in [5, 5.41) is 0. The van der Waals surface area contributed by atoms with Gasteiger partial charge in [-0.3, -0.25) is 9.36 Å². The predicted molar refractivity (Wildman–Crippen MR) is 75.7 cm³/mol. The average molecular weight is 267 g/mol. The first-order chi connectivity index (χ1) is 8.59. The zero-order chi connectivity index (χ0) is 13.1. The molecule has 0 bridgehead atoms. The zero-order valence-corrected chi connectivity index (χ0v) is 12.0. The van der Waals surface area contributed by atoms with Gasteiger partial charge < -0.3 is 9.88 Å². The third-order valence-electron chi connectivity index (χ3n) is 3.46. The van der Waals surface area contributed by atoms with Gasteiger partial charge in [-0.1, -0.05) is 0 Å². The molecule has 5 heteroatoms. The van der Waals surface area contributed by atoms with Crippen molar-refractivity contribution in [2.45, 2.75) is 38.6 Å². The lowest BCUT2D eigenvalue weighted by Crippen LogP contribution is -2.30. The molecule has 1 aliphatic rings. The van der Waals surface area contributed by atoms with Gasteiger partial charge in [0, 0.05) is 17.8 Å². The van der Waals surface area contributed by atoms with E-state index in [1.807, 2.05) is 14.1 Å². The van der Waals surface area contributed by atoms with Crippen LogP contribution in [0.15, 0.2) is 4.79 Å². The van der Waals surface area contributed by atoms with Crippen molar-refractivity contribution in [3.8, 4) is 0 Å². The number of hydrogen-bond donors (Lipinski definition) is 1. The van der Waals surface area contributed by atoms with Crippen LogP contribution in [0.2, 0.25) is 0 Å². The number of hydrogen-bond acceptors (Lipinski definition) is 3. The first-order valence-electron chi connectivity index (χ1n) is 6.59. The van der Waals surface area contributed by atoms with Crippen molar-refractivity contribution in [3.63, 3.8) is 0 Å². The van der Waals surface area contributed by atoms with Crippen LogP contribution in [0.1, 0.15) is 30.5 Å². The van der Waals surface area contributed by atoms with Gasteiger partial charge in [-0.2, -0.15) is 0 Å². The highest BCUT2D eigenvalue weighted by atomic mass is 32.1. The summed E-state index contributed by atoms with van der Waals surface area (Å²) in [5.41, 5.74) is 2.16. The second kappa shape index (κ2) is 5.80. The van der Waals surface area contributed by atoms with Crippen LogP contribution >= 0.6 is 12.2 Å². The van der Waals surface area contributed by atoms with E-state index < -0.39 is 0 Å². The highest BCUT2D eigenvalue weighted by Crippen LogP contribution is 2.15. The molecule has 1 aliphatic carbocycles. The van der Waals surface area contributed by atoms with Crippen LogP contribution in [0.4, 0.5) is 0 Å². The molecule has 1 aromatic heterocycles. The molecule has 0 amide bonds. The molecule has 0 spiro atoms. The van der Waals surface area contributed by atoms with E-state index in [9.17, 15) is 4.79 Å². The minimum absolute atomic E-state index is 0.132. The van der Waals surface area contributed by atoms with Crippen LogP contribution in [0.25, 0.3) is 0 Å². The van der Waals surface area contributed by atoms with Crippen molar-refractivity contribution in [1.29, 1.82) is 0 Å². The molecule has 0 aromatic carbocycles. The maximum absolute atomic E-state index is 12.4. The Labute approximate surface area is 113 Å². The molecule has 18 heavy (non-hydrogen) atoms. The van der Waals surface area contributed by atoms with Gasteiger partial charge in [0.2, 0.25) is 0 Å². The molecule has 100 valence electrons. The average Bonchev–Trinajstić information content (AvgIpc) is 2.33. The van der Waals surface area contributed by atoms with E-state index in [-0.39, 0.29) is 5.56 Å². The van der Waals surface area contributed by atoms with E-state index in [0.717, 1.165) is 49.9 Å². The minimum Gasteiger partial charge on any atom is -0.335 e. The molecule has 0 aliphatic heterocycles. The molecule has 1 N–H and O–H groups in total. The highest BCUT2D eigenvalue weighted by molar-refractivity contribution is 7.71. The van der Waals surface area contributed by atoms with Gasteiger partial charge >= 0.3 is 0 Å². The van der Waals surface area contributed by atoms with Gasteiger partial charge in [0.05, 0.1) is 0 Å². The molecule has 0 radical (unpaired) electrons. The summed E-state index contributed by atoms with van der Waals surface area (Å²) in [7, 11) is 4.08. The van der Waals surface area contributed by atoms with Crippen LogP contribution in [-0.4, -0.2) is 35.1 Å². The van der Waals surface area contributed by atoms with Crippen molar-refractivity contribution in [2.75, 3.05) is 20.6 Å². The smallest absolute Gasteiger partial charge is 0.257 e. The topological polar surface area (TPSA) is 41.0 Å². The third kappa shape index (κ3) is 2.90. The van der Waals surface area contributed by atoms with E-state index in [1.165, 1.54) is 0 Å². The second-order valence-electron chi connectivity index (χ2n) is 5.21. The summed E-state index contributed by atoms with van der Waals surface area (Å²) in [6.07, 6.45) is 5.08. The van der Waals surface area contributed by atoms with E-state index in [2.05, 4.69) is 9.88 Å². The van der Waals surface area contributed by atoms with Crippen molar-refractivity contribution in [1.82, 2.24) is 14.5 Å². The van der Waals surface area contributed by atoms with Gasteiger partial charge in [-0.25, -0.2) is 0 Å². The number of aromatic amines is 1. The van der Waals surface area contributed by atoms with E-state index in [1.54, 1.807) is 4.57 Å². The summed E-state index contributed by atoms with van der Waals surface area (Å²) >= 11 is 5.30. The number of aromatic nitrogens is 2. The Morgan fingerprint density at radius 2 is 2.06 bits per heavy atom. The first kappa shape index (κ1) is 13.5. The Hall–Kier alpha value is -0.940. The summed E-state index contributed by atoms with van der Waals surface area (Å²) in [6.45, 7) is 1.68. The number of aryl methyl sites for hydroxylation is 1. The Kier molecular flexibility index (Phi) is 4.35. The van der Waals surface area contributed by atoms with Crippen LogP contribution < -0.4 is 5.56 Å². The number of H-pyrrole nitrogens is 1. The zero-order valence-electron chi connectivity index (χ0n) is 11.2. The number of nitrogens with zero attached hydrogens (tertiary/aromatic N) is 2. The van der Waals surface area contributed by atoms with Crippen molar-refractivity contribution >= 4 is 12.2 Å². The van der Waals surface area contributed by atoms with Gasteiger partial charge in [0.15, 0.2) is 4.77 Å².